The van der Waals surface area contributed by atoms with Crippen molar-refractivity contribution < 1.29 is 32.5 Å². The molecule has 0 bridgehead atoms. The van der Waals surface area contributed by atoms with Crippen molar-refractivity contribution in [2.24, 2.45) is 0 Å². The Balaban J connectivity index is 1.32. The van der Waals surface area contributed by atoms with E-state index in [0.29, 0.717) is 45.8 Å². The standard InChI is InChI=1S/C29H33ClF3N3O4S/c1-39-18-21-3-2-11-36(21)28(10-14-40-24-15-19(16-26(37)38)4-6-22(24)30)8-12-35(13-9-28)27-34-23-7-5-20(29(31,32)33)17-25(23)41-27/h4-7,15,17,21H,2-3,8-14,16,18H2,1H3,(H,37,38)/t21-/m1/s1. The number of anilines is 1. The number of aromatic nitrogens is 1. The van der Waals surface area contributed by atoms with Crippen LogP contribution in [0.1, 0.15) is 43.2 Å². The number of benzene rings is 2. The highest BCUT2D eigenvalue weighted by atomic mass is 35.5. The summed E-state index contributed by atoms with van der Waals surface area (Å²) in [4.78, 5) is 20.5. The molecular formula is C29H33ClF3N3O4S. The van der Waals surface area contributed by atoms with Gasteiger partial charge in [-0.1, -0.05) is 29.0 Å². The third kappa shape index (κ3) is 6.74. The van der Waals surface area contributed by atoms with Gasteiger partial charge in [0, 0.05) is 31.8 Å². The van der Waals surface area contributed by atoms with Gasteiger partial charge in [-0.25, -0.2) is 4.98 Å². The number of alkyl halides is 3. The molecular weight excluding hydrogens is 579 g/mol. The number of carbonyl (C=O) groups is 1. The van der Waals surface area contributed by atoms with Crippen LogP contribution in [-0.4, -0.2) is 72.5 Å². The Morgan fingerprint density at radius 2 is 1.98 bits per heavy atom. The van der Waals surface area contributed by atoms with Crippen molar-refractivity contribution >= 4 is 44.3 Å². The number of halogens is 4. The number of hydrogen-bond acceptors (Lipinski definition) is 7. The molecule has 0 unspecified atom stereocenters. The monoisotopic (exact) mass is 611 g/mol. The van der Waals surface area contributed by atoms with E-state index in [9.17, 15) is 18.0 Å². The largest absolute Gasteiger partial charge is 0.492 e. The molecule has 0 saturated carbocycles. The van der Waals surface area contributed by atoms with Gasteiger partial charge in [0.25, 0.3) is 0 Å². The number of fused-ring (bicyclic) bond motifs is 1. The topological polar surface area (TPSA) is 75.1 Å². The van der Waals surface area contributed by atoms with Crippen molar-refractivity contribution in [3.63, 3.8) is 0 Å². The average Bonchev–Trinajstić information content (AvgIpc) is 3.57. The summed E-state index contributed by atoms with van der Waals surface area (Å²) < 4.78 is 51.9. The van der Waals surface area contributed by atoms with E-state index in [1.165, 1.54) is 23.5 Å². The van der Waals surface area contributed by atoms with Crippen molar-refractivity contribution in [1.29, 1.82) is 0 Å². The van der Waals surface area contributed by atoms with Crippen LogP contribution in [0.4, 0.5) is 18.3 Å². The molecule has 1 N–H and O–H groups in total. The van der Waals surface area contributed by atoms with Crippen molar-refractivity contribution in [2.45, 2.75) is 56.3 Å². The zero-order chi connectivity index (χ0) is 29.2. The van der Waals surface area contributed by atoms with Crippen LogP contribution < -0.4 is 9.64 Å². The number of carboxylic acids is 1. The summed E-state index contributed by atoms with van der Waals surface area (Å²) in [5, 5.41) is 10.3. The first-order valence-corrected chi connectivity index (χ1v) is 14.9. The van der Waals surface area contributed by atoms with Crippen LogP contribution in [0, 0.1) is 0 Å². The number of carboxylic acid groups (broad SMARTS) is 1. The van der Waals surface area contributed by atoms with Crippen molar-refractivity contribution in [1.82, 2.24) is 9.88 Å². The molecule has 2 aliphatic heterocycles. The highest BCUT2D eigenvalue weighted by molar-refractivity contribution is 7.22. The lowest BCUT2D eigenvalue weighted by molar-refractivity contribution is -0.138. The number of methoxy groups -OCH3 is 1. The van der Waals surface area contributed by atoms with Crippen molar-refractivity contribution in [2.75, 3.05) is 44.9 Å². The van der Waals surface area contributed by atoms with E-state index in [4.69, 9.17) is 26.2 Å². The second kappa shape index (κ2) is 12.3. The van der Waals surface area contributed by atoms with Crippen LogP contribution in [0.25, 0.3) is 10.2 Å². The Bertz CT molecular complexity index is 1380. The Labute approximate surface area is 245 Å². The van der Waals surface area contributed by atoms with E-state index in [-0.39, 0.29) is 12.0 Å². The van der Waals surface area contributed by atoms with Crippen LogP contribution in [0.5, 0.6) is 5.75 Å². The molecule has 2 fully saturated rings. The quantitative estimate of drug-likeness (QED) is 0.280. The summed E-state index contributed by atoms with van der Waals surface area (Å²) in [7, 11) is 1.72. The maximum absolute atomic E-state index is 13.2. The molecule has 1 aromatic heterocycles. The maximum Gasteiger partial charge on any atom is 0.416 e. The zero-order valence-electron chi connectivity index (χ0n) is 22.8. The number of ether oxygens (including phenoxy) is 2. The van der Waals surface area contributed by atoms with E-state index in [1.807, 2.05) is 0 Å². The lowest BCUT2D eigenvalue weighted by Crippen LogP contribution is -2.58. The Morgan fingerprint density at radius 1 is 1.20 bits per heavy atom. The molecule has 1 atom stereocenters. The molecule has 0 radical (unpaired) electrons. The third-order valence-corrected chi connectivity index (χ3v) is 9.58. The number of thiazole rings is 1. The number of rotatable bonds is 10. The zero-order valence-corrected chi connectivity index (χ0v) is 24.3. The number of aliphatic carboxylic acids is 1. The molecule has 7 nitrogen and oxygen atoms in total. The minimum absolute atomic E-state index is 0.108. The Hall–Kier alpha value is -2.60. The smallest absolute Gasteiger partial charge is 0.416 e. The second-order valence-corrected chi connectivity index (χ2v) is 12.2. The van der Waals surface area contributed by atoms with Crippen LogP contribution in [0.3, 0.4) is 0 Å². The van der Waals surface area contributed by atoms with E-state index in [1.54, 1.807) is 25.3 Å². The third-order valence-electron chi connectivity index (χ3n) is 8.19. The number of nitrogens with zero attached hydrogens (tertiary/aromatic N) is 3. The van der Waals surface area contributed by atoms with Crippen LogP contribution in [0.2, 0.25) is 5.02 Å². The highest BCUT2D eigenvalue weighted by Crippen LogP contribution is 2.41. The molecule has 222 valence electrons. The van der Waals surface area contributed by atoms with E-state index < -0.39 is 17.7 Å². The summed E-state index contributed by atoms with van der Waals surface area (Å²) >= 11 is 7.66. The molecule has 3 heterocycles. The summed E-state index contributed by atoms with van der Waals surface area (Å²) in [5.41, 5.74) is 0.383. The molecule has 0 amide bonds. The number of piperidine rings is 1. The molecule has 41 heavy (non-hydrogen) atoms. The highest BCUT2D eigenvalue weighted by Gasteiger charge is 2.45. The van der Waals surface area contributed by atoms with Gasteiger partial charge in [0.1, 0.15) is 5.75 Å². The number of likely N-dealkylation sites (tertiary alicyclic amines) is 1. The van der Waals surface area contributed by atoms with Crippen LogP contribution in [0.15, 0.2) is 36.4 Å². The molecule has 0 aliphatic carbocycles. The molecule has 12 heteroatoms. The van der Waals surface area contributed by atoms with Gasteiger partial charge in [-0.05, 0) is 74.5 Å². The first kappa shape index (κ1) is 29.9. The summed E-state index contributed by atoms with van der Waals surface area (Å²) in [5.74, 6) is -0.448. The first-order chi connectivity index (χ1) is 19.6. The van der Waals surface area contributed by atoms with Crippen molar-refractivity contribution in [3.8, 4) is 5.75 Å². The molecule has 0 spiro atoms. The van der Waals surface area contributed by atoms with Gasteiger partial charge in [0.2, 0.25) is 0 Å². The average molecular weight is 612 g/mol. The van der Waals surface area contributed by atoms with E-state index in [0.717, 1.165) is 62.9 Å². The lowest BCUT2D eigenvalue weighted by Gasteiger charge is -2.49. The van der Waals surface area contributed by atoms with Gasteiger partial charge >= 0.3 is 12.1 Å². The maximum atomic E-state index is 13.2. The SMILES string of the molecule is COC[C@H]1CCCN1C1(CCOc2cc(CC(=O)O)ccc2Cl)CCN(c2nc3ccc(C(F)(F)F)cc3s2)CC1. The van der Waals surface area contributed by atoms with E-state index in [2.05, 4.69) is 14.8 Å². The molecule has 2 saturated heterocycles. The van der Waals surface area contributed by atoms with Gasteiger partial charge in [-0.3, -0.25) is 9.69 Å². The molecule has 5 rings (SSSR count). The predicted molar refractivity (Wildman–Crippen MR) is 153 cm³/mol. The molecule has 2 aliphatic rings. The summed E-state index contributed by atoms with van der Waals surface area (Å²) in [6.45, 7) is 3.46. The fourth-order valence-electron chi connectivity index (χ4n) is 6.14. The first-order valence-electron chi connectivity index (χ1n) is 13.7. The minimum atomic E-state index is -4.39. The second-order valence-electron chi connectivity index (χ2n) is 10.8. The van der Waals surface area contributed by atoms with Crippen LogP contribution in [-0.2, 0) is 22.1 Å². The van der Waals surface area contributed by atoms with Gasteiger partial charge in [-0.15, -0.1) is 0 Å². The number of hydrogen-bond donors (Lipinski definition) is 1. The van der Waals surface area contributed by atoms with E-state index >= 15 is 0 Å². The van der Waals surface area contributed by atoms with Gasteiger partial charge in [0.15, 0.2) is 5.13 Å². The fraction of sp³-hybridized carbons (Fsp3) is 0.517. The lowest BCUT2D eigenvalue weighted by atomic mass is 9.82. The Kier molecular flexibility index (Phi) is 8.98. The summed E-state index contributed by atoms with van der Waals surface area (Å²) in [6.07, 6.45) is 0.0748. The van der Waals surface area contributed by atoms with Gasteiger partial charge < -0.3 is 19.5 Å². The molecule has 3 aromatic rings. The normalized spacial score (nSPS) is 19.6. The Morgan fingerprint density at radius 3 is 2.68 bits per heavy atom. The predicted octanol–water partition coefficient (Wildman–Crippen LogP) is 6.51. The fourth-order valence-corrected chi connectivity index (χ4v) is 7.37. The van der Waals surface area contributed by atoms with Gasteiger partial charge in [-0.2, -0.15) is 13.2 Å². The van der Waals surface area contributed by atoms with Gasteiger partial charge in [0.05, 0.1) is 40.4 Å². The van der Waals surface area contributed by atoms with Crippen molar-refractivity contribution in [3.05, 3.63) is 52.5 Å². The van der Waals surface area contributed by atoms with Crippen LogP contribution >= 0.6 is 22.9 Å². The summed E-state index contributed by atoms with van der Waals surface area (Å²) in [6, 6.07) is 9.04. The molecule has 2 aromatic carbocycles. The minimum Gasteiger partial charge on any atom is -0.492 e.